The highest BCUT2D eigenvalue weighted by Crippen LogP contribution is 2.17. The zero-order valence-corrected chi connectivity index (χ0v) is 48.4. The first-order valence-corrected chi connectivity index (χ1v) is 31.4. The van der Waals surface area contributed by atoms with E-state index in [1.165, 1.54) is 173 Å². The normalized spacial score (nSPS) is 12.5. The second kappa shape index (κ2) is 61.4. The van der Waals surface area contributed by atoms with Crippen LogP contribution in [0.2, 0.25) is 0 Å². The van der Waals surface area contributed by atoms with Crippen molar-refractivity contribution in [3.63, 3.8) is 0 Å². The van der Waals surface area contributed by atoms with Gasteiger partial charge in [-0.25, -0.2) is 0 Å². The van der Waals surface area contributed by atoms with Crippen LogP contribution in [0.15, 0.2) is 72.9 Å². The maximum absolute atomic E-state index is 12.9. The van der Waals surface area contributed by atoms with Crippen molar-refractivity contribution < 1.29 is 28.6 Å². The Morgan fingerprint density at radius 2 is 0.562 bits per heavy atom. The molecular formula is C67H118O6. The molecule has 0 heterocycles. The van der Waals surface area contributed by atoms with E-state index in [4.69, 9.17) is 14.2 Å². The lowest BCUT2D eigenvalue weighted by Crippen LogP contribution is -2.30. The number of hydrogen-bond acceptors (Lipinski definition) is 6. The van der Waals surface area contributed by atoms with Crippen molar-refractivity contribution in [1.82, 2.24) is 0 Å². The number of ether oxygens (including phenoxy) is 3. The minimum Gasteiger partial charge on any atom is -0.462 e. The Labute approximate surface area is 453 Å². The van der Waals surface area contributed by atoms with Crippen molar-refractivity contribution in [2.75, 3.05) is 13.2 Å². The molecule has 73 heavy (non-hydrogen) atoms. The topological polar surface area (TPSA) is 78.9 Å². The summed E-state index contributed by atoms with van der Waals surface area (Å²) < 4.78 is 16.9. The van der Waals surface area contributed by atoms with E-state index in [1.807, 2.05) is 0 Å². The van der Waals surface area contributed by atoms with Gasteiger partial charge in [0.15, 0.2) is 6.10 Å². The fourth-order valence-electron chi connectivity index (χ4n) is 9.00. The third kappa shape index (κ3) is 59.6. The summed E-state index contributed by atoms with van der Waals surface area (Å²) in [5.74, 6) is -0.872. The predicted octanol–water partition coefficient (Wildman–Crippen LogP) is 21.3. The van der Waals surface area contributed by atoms with Crippen LogP contribution in [0.1, 0.15) is 316 Å². The monoisotopic (exact) mass is 1020 g/mol. The highest BCUT2D eigenvalue weighted by atomic mass is 16.6. The molecule has 0 aliphatic rings. The summed E-state index contributed by atoms with van der Waals surface area (Å²) in [6.45, 7) is 6.49. The molecule has 6 heteroatoms. The van der Waals surface area contributed by atoms with Crippen molar-refractivity contribution in [3.8, 4) is 0 Å². The molecule has 0 saturated carbocycles. The molecule has 0 radical (unpaired) electrons. The summed E-state index contributed by atoms with van der Waals surface area (Å²) in [6.07, 6.45) is 79.2. The van der Waals surface area contributed by atoms with Crippen LogP contribution in [0.3, 0.4) is 0 Å². The number of carbonyl (C=O) groups excluding carboxylic acids is 3. The largest absolute Gasteiger partial charge is 0.462 e. The van der Waals surface area contributed by atoms with Crippen LogP contribution in [0.5, 0.6) is 0 Å². The Morgan fingerprint density at radius 1 is 0.288 bits per heavy atom. The SMILES string of the molecule is CC/C=C\C/C=C\C/C=C\C/C=C\C/C=C\CCCCCCCCCCCCCCCC(=O)OCC(COC(=O)CCCCCCC/C=C\CCC)OC(=O)CCCCCCCCCCCCCCCCCC. The number of esters is 3. The van der Waals surface area contributed by atoms with Crippen LogP contribution in [0.4, 0.5) is 0 Å². The molecule has 0 aromatic rings. The summed E-state index contributed by atoms with van der Waals surface area (Å²) in [4.78, 5) is 38.2. The Hall–Kier alpha value is -3.15. The Morgan fingerprint density at radius 3 is 0.904 bits per heavy atom. The summed E-state index contributed by atoms with van der Waals surface area (Å²) in [7, 11) is 0. The minimum atomic E-state index is -0.776. The first-order chi connectivity index (χ1) is 36.0. The van der Waals surface area contributed by atoms with Gasteiger partial charge < -0.3 is 14.2 Å². The highest BCUT2D eigenvalue weighted by Gasteiger charge is 2.19. The first-order valence-electron chi connectivity index (χ1n) is 31.4. The van der Waals surface area contributed by atoms with E-state index in [2.05, 4.69) is 93.7 Å². The molecule has 0 aromatic carbocycles. The van der Waals surface area contributed by atoms with Crippen molar-refractivity contribution >= 4 is 17.9 Å². The zero-order valence-electron chi connectivity index (χ0n) is 48.4. The first kappa shape index (κ1) is 69.8. The molecule has 0 spiro atoms. The van der Waals surface area contributed by atoms with E-state index in [9.17, 15) is 14.4 Å². The van der Waals surface area contributed by atoms with Crippen molar-refractivity contribution in [2.45, 2.75) is 322 Å². The smallest absolute Gasteiger partial charge is 0.306 e. The Bertz CT molecular complexity index is 1360. The van der Waals surface area contributed by atoms with Gasteiger partial charge in [0, 0.05) is 19.3 Å². The van der Waals surface area contributed by atoms with Gasteiger partial charge in [0.2, 0.25) is 0 Å². The van der Waals surface area contributed by atoms with Crippen LogP contribution in [-0.4, -0.2) is 37.2 Å². The highest BCUT2D eigenvalue weighted by molar-refractivity contribution is 5.71. The van der Waals surface area contributed by atoms with E-state index in [0.717, 1.165) is 103 Å². The second-order valence-corrected chi connectivity index (χ2v) is 20.9. The van der Waals surface area contributed by atoms with Gasteiger partial charge in [0.05, 0.1) is 0 Å². The maximum Gasteiger partial charge on any atom is 0.306 e. The van der Waals surface area contributed by atoms with Crippen LogP contribution in [0, 0.1) is 0 Å². The van der Waals surface area contributed by atoms with Gasteiger partial charge in [-0.05, 0) is 83.5 Å². The maximum atomic E-state index is 12.9. The molecule has 0 amide bonds. The van der Waals surface area contributed by atoms with Gasteiger partial charge in [-0.15, -0.1) is 0 Å². The van der Waals surface area contributed by atoms with Crippen LogP contribution < -0.4 is 0 Å². The van der Waals surface area contributed by atoms with Gasteiger partial charge in [-0.3, -0.25) is 14.4 Å². The summed E-state index contributed by atoms with van der Waals surface area (Å²) >= 11 is 0. The third-order valence-corrected chi connectivity index (χ3v) is 13.7. The lowest BCUT2D eigenvalue weighted by atomic mass is 10.0. The molecular weight excluding hydrogens is 901 g/mol. The van der Waals surface area contributed by atoms with Crippen LogP contribution >= 0.6 is 0 Å². The van der Waals surface area contributed by atoms with Crippen LogP contribution in [-0.2, 0) is 28.6 Å². The number of rotatable bonds is 57. The molecule has 0 saturated heterocycles. The van der Waals surface area contributed by atoms with Gasteiger partial charge in [0.25, 0.3) is 0 Å². The van der Waals surface area contributed by atoms with Crippen molar-refractivity contribution in [2.24, 2.45) is 0 Å². The molecule has 0 aliphatic heterocycles. The number of allylic oxidation sites excluding steroid dienone is 12. The molecule has 0 fully saturated rings. The average Bonchev–Trinajstić information content (AvgIpc) is 3.39. The van der Waals surface area contributed by atoms with Crippen molar-refractivity contribution in [1.29, 1.82) is 0 Å². The molecule has 1 unspecified atom stereocenters. The minimum absolute atomic E-state index is 0.0748. The van der Waals surface area contributed by atoms with E-state index >= 15 is 0 Å². The lowest BCUT2D eigenvalue weighted by molar-refractivity contribution is -0.167. The van der Waals surface area contributed by atoms with E-state index in [1.54, 1.807) is 0 Å². The number of unbranched alkanes of at least 4 members (excludes halogenated alkanes) is 34. The van der Waals surface area contributed by atoms with E-state index in [0.29, 0.717) is 19.3 Å². The molecule has 0 N–H and O–H groups in total. The molecule has 1 atom stereocenters. The van der Waals surface area contributed by atoms with Gasteiger partial charge in [0.1, 0.15) is 13.2 Å². The van der Waals surface area contributed by atoms with Gasteiger partial charge in [-0.2, -0.15) is 0 Å². The standard InChI is InChI=1S/C67H118O6/c1-4-7-10-13-16-19-22-24-26-28-29-30-31-32-33-34-35-36-37-38-39-40-42-43-45-48-51-54-57-60-66(69)72-63-64(62-71-65(68)59-56-53-50-47-21-18-15-12-9-6-3)73-67(70)61-58-55-52-49-46-44-41-27-25-23-20-17-14-11-8-5-2/h7,10,12,15-16,19,24,26,29-30,32-33,64H,4-6,8-9,11,13-14,17-18,20-23,25,27-28,31,34-63H2,1-3H3/b10-7-,15-12-,19-16-,26-24-,30-29-,33-32-. The lowest BCUT2D eigenvalue weighted by Gasteiger charge is -2.18. The zero-order chi connectivity index (χ0) is 52.9. The summed E-state index contributed by atoms with van der Waals surface area (Å²) in [5, 5.41) is 0. The molecule has 0 aliphatic carbocycles. The molecule has 422 valence electrons. The van der Waals surface area contributed by atoms with Gasteiger partial charge in [-0.1, -0.05) is 286 Å². The summed E-state index contributed by atoms with van der Waals surface area (Å²) in [5.41, 5.74) is 0. The van der Waals surface area contributed by atoms with Crippen molar-refractivity contribution in [3.05, 3.63) is 72.9 Å². The predicted molar refractivity (Wildman–Crippen MR) is 316 cm³/mol. The van der Waals surface area contributed by atoms with E-state index < -0.39 is 6.10 Å². The summed E-state index contributed by atoms with van der Waals surface area (Å²) in [6, 6.07) is 0. The molecule has 0 rings (SSSR count). The Balaban J connectivity index is 4.16. The number of carbonyl (C=O) groups is 3. The van der Waals surface area contributed by atoms with Gasteiger partial charge >= 0.3 is 17.9 Å². The molecule has 0 bridgehead atoms. The Kier molecular flexibility index (Phi) is 58.7. The fraction of sp³-hybridized carbons (Fsp3) is 0.776. The molecule has 6 nitrogen and oxygen atoms in total. The third-order valence-electron chi connectivity index (χ3n) is 13.7. The van der Waals surface area contributed by atoms with Crippen LogP contribution in [0.25, 0.3) is 0 Å². The molecule has 0 aromatic heterocycles. The number of hydrogen-bond donors (Lipinski definition) is 0. The fourth-order valence-corrected chi connectivity index (χ4v) is 9.00. The second-order valence-electron chi connectivity index (χ2n) is 20.9. The average molecular weight is 1020 g/mol. The van der Waals surface area contributed by atoms with E-state index in [-0.39, 0.29) is 31.1 Å². The quantitative estimate of drug-likeness (QED) is 0.0261.